The smallest absolute Gasteiger partial charge is 0.202 e. The van der Waals surface area contributed by atoms with E-state index >= 15 is 0 Å². The van der Waals surface area contributed by atoms with Crippen LogP contribution < -0.4 is 16.4 Å². The van der Waals surface area contributed by atoms with Crippen LogP contribution in [0.1, 0.15) is 0 Å². The first-order chi connectivity index (χ1) is 6.72. The number of rotatable bonds is 1. The van der Waals surface area contributed by atoms with Crippen molar-refractivity contribution in [1.29, 1.82) is 5.41 Å². The molecular weight excluding hydrogens is 178 g/mol. The van der Waals surface area contributed by atoms with Gasteiger partial charge in [0, 0.05) is 12.7 Å². The van der Waals surface area contributed by atoms with Gasteiger partial charge in [0.05, 0.1) is 0 Å². The second kappa shape index (κ2) is 4.86. The molecule has 0 saturated carbocycles. The summed E-state index contributed by atoms with van der Waals surface area (Å²) in [4.78, 5) is 3.90. The van der Waals surface area contributed by atoms with Crippen molar-refractivity contribution in [2.45, 2.75) is 0 Å². The summed E-state index contributed by atoms with van der Waals surface area (Å²) >= 11 is 0. The maximum Gasteiger partial charge on any atom is 0.202 e. The highest BCUT2D eigenvalue weighted by atomic mass is 15.2. The van der Waals surface area contributed by atoms with E-state index < -0.39 is 0 Å². The Kier molecular flexibility index (Phi) is 3.49. The minimum Gasteiger partial charge on any atom is -0.370 e. The van der Waals surface area contributed by atoms with E-state index in [0.717, 1.165) is 5.69 Å². The molecule has 0 fully saturated rings. The molecule has 5 nitrogen and oxygen atoms in total. The lowest BCUT2D eigenvalue weighted by Crippen LogP contribution is -2.39. The third kappa shape index (κ3) is 3.14. The highest BCUT2D eigenvalue weighted by molar-refractivity contribution is 6.03. The van der Waals surface area contributed by atoms with E-state index in [9.17, 15) is 0 Å². The molecule has 0 atom stereocenters. The van der Waals surface area contributed by atoms with Gasteiger partial charge in [-0.25, -0.2) is 0 Å². The Labute approximate surface area is 82.5 Å². The van der Waals surface area contributed by atoms with Crippen LogP contribution in [0.4, 0.5) is 5.69 Å². The lowest BCUT2D eigenvalue weighted by molar-refractivity contribution is 1.20. The van der Waals surface area contributed by atoms with Gasteiger partial charge in [0.25, 0.3) is 0 Å². The van der Waals surface area contributed by atoms with Gasteiger partial charge in [-0.3, -0.25) is 15.7 Å². The van der Waals surface area contributed by atoms with Gasteiger partial charge in [0.1, 0.15) is 0 Å². The molecule has 1 rings (SSSR count). The summed E-state index contributed by atoms with van der Waals surface area (Å²) in [7, 11) is 1.61. The zero-order chi connectivity index (χ0) is 10.4. The normalized spacial score (nSPS) is 10.8. The summed E-state index contributed by atoms with van der Waals surface area (Å²) in [5.41, 5.74) is 6.06. The molecule has 74 valence electrons. The number of anilines is 1. The topological polar surface area (TPSA) is 86.3 Å². The van der Waals surface area contributed by atoms with E-state index in [1.54, 1.807) is 7.05 Å². The van der Waals surface area contributed by atoms with Crippen LogP contribution in [0, 0.1) is 5.41 Å². The maximum absolute atomic E-state index is 7.04. The number of nitrogens with zero attached hydrogens (tertiary/aromatic N) is 1. The minimum atomic E-state index is -0.144. The van der Waals surface area contributed by atoms with E-state index in [4.69, 9.17) is 11.1 Å². The Morgan fingerprint density at radius 1 is 1.36 bits per heavy atom. The predicted octanol–water partition coefficient (Wildman–Crippen LogP) is 0.567. The second-order valence-corrected chi connectivity index (χ2v) is 2.60. The highest BCUT2D eigenvalue weighted by Gasteiger charge is 1.98. The van der Waals surface area contributed by atoms with E-state index in [0.29, 0.717) is 5.96 Å². The van der Waals surface area contributed by atoms with Gasteiger partial charge in [0.15, 0.2) is 5.96 Å². The summed E-state index contributed by atoms with van der Waals surface area (Å²) < 4.78 is 0. The Morgan fingerprint density at radius 3 is 2.50 bits per heavy atom. The number of benzene rings is 1. The van der Waals surface area contributed by atoms with Crippen molar-refractivity contribution in [1.82, 2.24) is 5.32 Å². The van der Waals surface area contributed by atoms with Crippen molar-refractivity contribution in [2.24, 2.45) is 10.7 Å². The number of hydrogen-bond acceptors (Lipinski definition) is 2. The second-order valence-electron chi connectivity index (χ2n) is 2.60. The maximum atomic E-state index is 7.04. The molecular formula is C9H13N5. The van der Waals surface area contributed by atoms with Crippen LogP contribution in [0.25, 0.3) is 0 Å². The van der Waals surface area contributed by atoms with Gasteiger partial charge in [0.2, 0.25) is 5.96 Å². The first-order valence-electron chi connectivity index (χ1n) is 4.12. The summed E-state index contributed by atoms with van der Waals surface area (Å²) in [5, 5.41) is 12.6. The molecule has 0 unspecified atom stereocenters. The van der Waals surface area contributed by atoms with Gasteiger partial charge < -0.3 is 11.1 Å². The fourth-order valence-electron chi connectivity index (χ4n) is 0.929. The lowest BCUT2D eigenvalue weighted by Gasteiger charge is -2.09. The largest absolute Gasteiger partial charge is 0.370 e. The summed E-state index contributed by atoms with van der Waals surface area (Å²) in [5.74, 6) is 0.303. The average molecular weight is 191 g/mol. The number of guanidine groups is 2. The fraction of sp³-hybridized carbons (Fsp3) is 0.111. The zero-order valence-corrected chi connectivity index (χ0v) is 7.91. The van der Waals surface area contributed by atoms with Crippen LogP contribution in [0.2, 0.25) is 0 Å². The first-order valence-corrected chi connectivity index (χ1v) is 4.12. The van der Waals surface area contributed by atoms with Gasteiger partial charge in [-0.2, -0.15) is 0 Å². The SMILES string of the molecule is C/N=C(/NC(=N)N)Nc1ccccc1. The predicted molar refractivity (Wildman–Crippen MR) is 58.5 cm³/mol. The third-order valence-corrected chi connectivity index (χ3v) is 1.51. The van der Waals surface area contributed by atoms with Gasteiger partial charge in [-0.1, -0.05) is 18.2 Å². The Morgan fingerprint density at radius 2 is 2.00 bits per heavy atom. The van der Waals surface area contributed by atoms with Crippen molar-refractivity contribution in [2.75, 3.05) is 12.4 Å². The molecule has 0 aliphatic rings. The number of nitrogens with one attached hydrogen (secondary N) is 3. The van der Waals surface area contributed by atoms with Crippen molar-refractivity contribution in [3.8, 4) is 0 Å². The highest BCUT2D eigenvalue weighted by Crippen LogP contribution is 2.03. The molecule has 1 aromatic carbocycles. The van der Waals surface area contributed by atoms with Crippen molar-refractivity contribution in [3.05, 3.63) is 30.3 Å². The number of nitrogens with two attached hydrogens (primary N) is 1. The van der Waals surface area contributed by atoms with Crippen molar-refractivity contribution >= 4 is 17.6 Å². The van der Waals surface area contributed by atoms with E-state index in [1.165, 1.54) is 0 Å². The van der Waals surface area contributed by atoms with Gasteiger partial charge >= 0.3 is 0 Å². The molecule has 0 heterocycles. The zero-order valence-electron chi connectivity index (χ0n) is 7.91. The molecule has 0 aliphatic carbocycles. The quantitative estimate of drug-likeness (QED) is 0.386. The lowest BCUT2D eigenvalue weighted by atomic mass is 10.3. The number of hydrogen-bond donors (Lipinski definition) is 4. The molecule has 0 saturated heterocycles. The Balaban J connectivity index is 2.63. The molecule has 5 N–H and O–H groups in total. The van der Waals surface area contributed by atoms with Crippen LogP contribution in [-0.4, -0.2) is 19.0 Å². The monoisotopic (exact) mass is 191 g/mol. The van der Waals surface area contributed by atoms with E-state index in [2.05, 4.69) is 15.6 Å². The molecule has 5 heteroatoms. The number of aliphatic imine (C=N–C) groups is 1. The molecule has 0 aliphatic heterocycles. The van der Waals surface area contributed by atoms with E-state index in [1.807, 2.05) is 30.3 Å². The molecule has 0 radical (unpaired) electrons. The molecule has 14 heavy (non-hydrogen) atoms. The Hall–Kier alpha value is -2.04. The fourth-order valence-corrected chi connectivity index (χ4v) is 0.929. The molecule has 0 bridgehead atoms. The summed E-state index contributed by atoms with van der Waals surface area (Å²) in [6.45, 7) is 0. The summed E-state index contributed by atoms with van der Waals surface area (Å²) in [6, 6.07) is 9.53. The average Bonchev–Trinajstić information content (AvgIpc) is 2.17. The molecule has 0 aromatic heterocycles. The van der Waals surface area contributed by atoms with Crippen LogP contribution in [-0.2, 0) is 0 Å². The van der Waals surface area contributed by atoms with Crippen molar-refractivity contribution < 1.29 is 0 Å². The van der Waals surface area contributed by atoms with Crippen LogP contribution in [0.3, 0.4) is 0 Å². The van der Waals surface area contributed by atoms with Crippen LogP contribution in [0.15, 0.2) is 35.3 Å². The van der Waals surface area contributed by atoms with Gasteiger partial charge in [-0.05, 0) is 12.1 Å². The van der Waals surface area contributed by atoms with E-state index in [-0.39, 0.29) is 5.96 Å². The van der Waals surface area contributed by atoms with Crippen molar-refractivity contribution in [3.63, 3.8) is 0 Å². The number of para-hydroxylation sites is 1. The van der Waals surface area contributed by atoms with Gasteiger partial charge in [-0.15, -0.1) is 0 Å². The minimum absolute atomic E-state index is 0.144. The first kappa shape index (κ1) is 10.0. The summed E-state index contributed by atoms with van der Waals surface area (Å²) in [6.07, 6.45) is 0. The standard InChI is InChI=1S/C9H13N5/c1-12-9(14-8(10)11)13-7-5-3-2-4-6-7/h2-6H,1H3,(H5,10,11,12,13,14). The molecule has 0 amide bonds. The van der Waals surface area contributed by atoms with Crippen LogP contribution >= 0.6 is 0 Å². The third-order valence-electron chi connectivity index (χ3n) is 1.51. The molecule has 0 spiro atoms. The Bertz CT molecular complexity index is 330. The molecule has 1 aromatic rings. The van der Waals surface area contributed by atoms with Crippen LogP contribution in [0.5, 0.6) is 0 Å².